The van der Waals surface area contributed by atoms with Gasteiger partial charge in [-0.05, 0) is 33.1 Å². The third kappa shape index (κ3) is 34.7. The van der Waals surface area contributed by atoms with Crippen LogP contribution in [0.4, 0.5) is 0 Å². The van der Waals surface area contributed by atoms with Gasteiger partial charge >= 0.3 is 29.8 Å². The number of carboxylic acid groups (broad SMARTS) is 5. The molecule has 0 aliphatic heterocycles. The molecule has 1 amide bonds. The van der Waals surface area contributed by atoms with E-state index in [0.29, 0.717) is 25.3 Å². The molecule has 0 aliphatic rings. The van der Waals surface area contributed by atoms with Gasteiger partial charge in [-0.25, -0.2) is 0 Å². The molecule has 0 aromatic rings. The van der Waals surface area contributed by atoms with Crippen LogP contribution in [0.1, 0.15) is 75.2 Å². The molecule has 6 atom stereocenters. The molecule has 14 heteroatoms. The number of carbonyl (C=O) groups excluding carboxylic acids is 1. The van der Waals surface area contributed by atoms with E-state index in [9.17, 15) is 28.8 Å². The number of hydrogen-bond acceptors (Lipinski definition) is 8. The van der Waals surface area contributed by atoms with Gasteiger partial charge in [-0.15, -0.1) is 0 Å². The number of aliphatic carboxylic acids is 5. The molecule has 6 unspecified atom stereocenters. The van der Waals surface area contributed by atoms with E-state index in [1.807, 2.05) is 13.8 Å². The van der Waals surface area contributed by atoms with Crippen molar-refractivity contribution in [2.24, 2.45) is 35.5 Å². The van der Waals surface area contributed by atoms with E-state index in [-0.39, 0.29) is 24.4 Å². The topological polar surface area (TPSA) is 256 Å². The van der Waals surface area contributed by atoms with Gasteiger partial charge in [0, 0.05) is 6.54 Å². The number of nitrogens with one attached hydrogen (secondary N) is 1. The molecule has 0 saturated heterocycles. The molecule has 0 fully saturated rings. The molecular weight excluding hydrogens is 534 g/mol. The maximum atomic E-state index is 10.3. The summed E-state index contributed by atoms with van der Waals surface area (Å²) in [6, 6.07) is 0. The number of carbonyl (C=O) groups is 6. The average Bonchev–Trinajstić information content (AvgIpc) is 2.87. The van der Waals surface area contributed by atoms with Crippen LogP contribution in [0.2, 0.25) is 0 Å². The summed E-state index contributed by atoms with van der Waals surface area (Å²) in [4.78, 5) is 59.6. The number of aliphatic hydroxyl groups is 2. The number of amides is 1. The lowest BCUT2D eigenvalue weighted by Gasteiger charge is -2.11. The Labute approximate surface area is 236 Å². The second-order valence-electron chi connectivity index (χ2n) is 9.39. The fraction of sp³-hybridized carbons (Fsp3) is 0.769. The highest BCUT2D eigenvalue weighted by atomic mass is 16.4. The van der Waals surface area contributed by atoms with Crippen molar-refractivity contribution in [2.75, 3.05) is 13.2 Å². The van der Waals surface area contributed by atoms with Crippen molar-refractivity contribution in [3.05, 3.63) is 0 Å². The van der Waals surface area contributed by atoms with Crippen molar-refractivity contribution >= 4 is 36.3 Å². The lowest BCUT2D eigenvalue weighted by atomic mass is 9.94. The number of hydrogen-bond donors (Lipinski definition) is 8. The zero-order chi connectivity index (χ0) is 33.2. The largest absolute Gasteiger partial charge is 0.481 e. The molecule has 8 N–H and O–H groups in total. The van der Waals surface area contributed by atoms with Crippen molar-refractivity contribution in [1.82, 2.24) is 5.32 Å². The molecule has 0 rings (SSSR count). The summed E-state index contributed by atoms with van der Waals surface area (Å²) >= 11 is 0. The standard InChI is InChI=1S/C7H14O2.C6H11NO3.C5H10O3.C4H8O3.C4H8O2/c1-4-5(2)6(3)7(8)9;1-5(6(9)10)2-3-7-4-8;1-3(4(2)6)5(7)8;1-3(2-5)4(6)7;1-3(2)4(5)6/h5-6H,4H2,1-3H3,(H,8,9);4-5H,2-3H2,1H3,(H,7,8)(H,9,10);3-4,6H,1-2H3,(H,7,8);3,5H,2H2,1H3,(H,6,7);3H,1-2H3,(H,5,6). The maximum absolute atomic E-state index is 10.3. The Kier molecular flexibility index (Phi) is 33.5. The van der Waals surface area contributed by atoms with Gasteiger partial charge in [0.05, 0.1) is 42.3 Å². The third-order valence-electron chi connectivity index (χ3n) is 5.42. The highest BCUT2D eigenvalue weighted by Crippen LogP contribution is 2.13. The van der Waals surface area contributed by atoms with E-state index in [1.165, 1.54) is 20.8 Å². The smallest absolute Gasteiger partial charge is 0.308 e. The second-order valence-corrected chi connectivity index (χ2v) is 9.39. The summed E-state index contributed by atoms with van der Waals surface area (Å²) in [5.74, 6) is -5.97. The summed E-state index contributed by atoms with van der Waals surface area (Å²) in [7, 11) is 0. The van der Waals surface area contributed by atoms with E-state index < -0.39 is 47.8 Å². The summed E-state index contributed by atoms with van der Waals surface area (Å²) < 4.78 is 0. The van der Waals surface area contributed by atoms with Crippen molar-refractivity contribution < 1.29 is 64.5 Å². The lowest BCUT2D eigenvalue weighted by Crippen LogP contribution is -2.21. The number of carboxylic acids is 5. The lowest BCUT2D eigenvalue weighted by molar-refractivity contribution is -0.145. The van der Waals surface area contributed by atoms with Gasteiger partial charge in [-0.1, -0.05) is 48.0 Å². The fourth-order valence-electron chi connectivity index (χ4n) is 1.36. The first kappa shape index (κ1) is 46.6. The molecule has 0 radical (unpaired) electrons. The molecule has 0 saturated carbocycles. The molecule has 40 heavy (non-hydrogen) atoms. The second kappa shape index (κ2) is 28.7. The van der Waals surface area contributed by atoms with Crippen molar-refractivity contribution in [3.63, 3.8) is 0 Å². The van der Waals surface area contributed by atoms with Crippen molar-refractivity contribution in [3.8, 4) is 0 Å². The van der Waals surface area contributed by atoms with Gasteiger partial charge in [0.1, 0.15) is 0 Å². The van der Waals surface area contributed by atoms with Gasteiger partial charge in [-0.2, -0.15) is 0 Å². The quantitative estimate of drug-likeness (QED) is 0.114. The van der Waals surface area contributed by atoms with Gasteiger partial charge in [-0.3, -0.25) is 28.8 Å². The monoisotopic (exact) mass is 585 g/mol. The molecule has 238 valence electrons. The first-order chi connectivity index (χ1) is 18.1. The van der Waals surface area contributed by atoms with Crippen LogP contribution >= 0.6 is 0 Å². The van der Waals surface area contributed by atoms with Crippen LogP contribution in [0.5, 0.6) is 0 Å². The minimum atomic E-state index is -0.958. The summed E-state index contributed by atoms with van der Waals surface area (Å²) in [6.07, 6.45) is 1.23. The van der Waals surface area contributed by atoms with E-state index >= 15 is 0 Å². The van der Waals surface area contributed by atoms with Crippen LogP contribution < -0.4 is 5.32 Å². The summed E-state index contributed by atoms with van der Waals surface area (Å²) in [5, 5.41) is 60.2. The zero-order valence-electron chi connectivity index (χ0n) is 25.0. The average molecular weight is 586 g/mol. The Bertz CT molecular complexity index is 711. The van der Waals surface area contributed by atoms with E-state index in [4.69, 9.17) is 35.7 Å². The van der Waals surface area contributed by atoms with Crippen LogP contribution in [0.15, 0.2) is 0 Å². The van der Waals surface area contributed by atoms with Crippen molar-refractivity contribution in [2.45, 2.75) is 81.3 Å². The van der Waals surface area contributed by atoms with Gasteiger partial charge in [0.2, 0.25) is 6.41 Å². The van der Waals surface area contributed by atoms with Gasteiger partial charge in [0.15, 0.2) is 0 Å². The Morgan fingerprint density at radius 1 is 0.675 bits per heavy atom. The number of rotatable bonds is 13. The predicted molar refractivity (Wildman–Crippen MR) is 147 cm³/mol. The first-order valence-electron chi connectivity index (χ1n) is 12.8. The predicted octanol–water partition coefficient (Wildman–Crippen LogP) is 2.11. The molecule has 0 spiro atoms. The normalized spacial score (nSPS) is 14.0. The Morgan fingerprint density at radius 3 is 1.18 bits per heavy atom. The van der Waals surface area contributed by atoms with E-state index in [2.05, 4.69) is 5.32 Å². The Balaban J connectivity index is -0.000000129. The Morgan fingerprint density at radius 2 is 1.05 bits per heavy atom. The highest BCUT2D eigenvalue weighted by molar-refractivity contribution is 5.70. The molecule has 14 nitrogen and oxygen atoms in total. The third-order valence-corrected chi connectivity index (χ3v) is 5.42. The molecule has 0 aliphatic carbocycles. The SMILES string of the molecule is CC(C)C(=O)O.CC(CCNC=O)C(=O)O.CC(CO)C(=O)O.CC(O)C(C)C(=O)O.CCC(C)C(C)C(=O)O. The van der Waals surface area contributed by atoms with Crippen LogP contribution in [0.25, 0.3) is 0 Å². The van der Waals surface area contributed by atoms with Crippen LogP contribution in [-0.2, 0) is 28.8 Å². The minimum Gasteiger partial charge on any atom is -0.481 e. The van der Waals surface area contributed by atoms with Crippen LogP contribution in [0, 0.1) is 35.5 Å². The summed E-state index contributed by atoms with van der Waals surface area (Å²) in [5.41, 5.74) is 0. The molecule has 0 bridgehead atoms. The van der Waals surface area contributed by atoms with Crippen molar-refractivity contribution in [1.29, 1.82) is 0 Å². The zero-order valence-corrected chi connectivity index (χ0v) is 25.0. The molecular formula is C26H51NO13. The molecule has 0 heterocycles. The number of aliphatic hydroxyl groups excluding tert-OH is 2. The van der Waals surface area contributed by atoms with Gasteiger partial charge < -0.3 is 41.1 Å². The maximum Gasteiger partial charge on any atom is 0.308 e. The highest BCUT2D eigenvalue weighted by Gasteiger charge is 2.17. The molecule has 0 aromatic carbocycles. The summed E-state index contributed by atoms with van der Waals surface area (Å²) in [6.45, 7) is 15.1. The molecule has 0 aromatic heterocycles. The fourth-order valence-corrected chi connectivity index (χ4v) is 1.36. The van der Waals surface area contributed by atoms with Crippen LogP contribution in [0.3, 0.4) is 0 Å². The first-order valence-corrected chi connectivity index (χ1v) is 12.8. The van der Waals surface area contributed by atoms with Crippen LogP contribution in [-0.4, -0.2) is 91.3 Å². The Hall–Kier alpha value is -3.26. The minimum absolute atomic E-state index is 0.199. The van der Waals surface area contributed by atoms with Gasteiger partial charge in [0.25, 0.3) is 0 Å². The van der Waals surface area contributed by atoms with E-state index in [0.717, 1.165) is 6.42 Å². The van der Waals surface area contributed by atoms with E-state index in [1.54, 1.807) is 27.7 Å².